The molecule has 0 unspecified atom stereocenters. The van der Waals surface area contributed by atoms with Gasteiger partial charge >= 0.3 is 5.97 Å². The van der Waals surface area contributed by atoms with Crippen LogP contribution in [-0.2, 0) is 11.3 Å². The van der Waals surface area contributed by atoms with E-state index in [0.29, 0.717) is 11.4 Å². The van der Waals surface area contributed by atoms with E-state index in [1.54, 1.807) is 23.5 Å². The highest BCUT2D eigenvalue weighted by molar-refractivity contribution is 9.11. The second kappa shape index (κ2) is 6.83. The average molecular weight is 372 g/mol. The van der Waals surface area contributed by atoms with Crippen LogP contribution in [0.3, 0.4) is 0 Å². The predicted molar refractivity (Wildman–Crippen MR) is 84.2 cm³/mol. The standard InChI is InChI=1S/C13H10BrNO3S2/c14-11-5-2-9(20-11)7-15-13(18)10-4-1-8(19-10)3-6-12(16)17/h1-6H,7H2,(H,15,18)(H,16,17). The number of aliphatic carboxylic acids is 1. The van der Waals surface area contributed by atoms with Crippen LogP contribution in [-0.4, -0.2) is 17.0 Å². The molecule has 2 heterocycles. The van der Waals surface area contributed by atoms with Gasteiger partial charge in [-0.05, 0) is 46.3 Å². The lowest BCUT2D eigenvalue weighted by Crippen LogP contribution is -2.21. The lowest BCUT2D eigenvalue weighted by atomic mass is 10.3. The topological polar surface area (TPSA) is 66.4 Å². The fourth-order valence-corrected chi connectivity index (χ4v) is 3.67. The number of thiophene rings is 2. The first-order valence-corrected chi connectivity index (χ1v) is 8.00. The molecule has 7 heteroatoms. The molecule has 0 radical (unpaired) electrons. The number of hydrogen-bond donors (Lipinski definition) is 2. The minimum Gasteiger partial charge on any atom is -0.478 e. The number of carbonyl (C=O) groups is 2. The number of amides is 1. The molecule has 0 aromatic carbocycles. The van der Waals surface area contributed by atoms with Crippen molar-refractivity contribution in [3.63, 3.8) is 0 Å². The molecule has 0 saturated heterocycles. The number of carboxylic acids is 1. The number of rotatable bonds is 5. The first kappa shape index (κ1) is 15.0. The molecule has 2 aromatic heterocycles. The molecule has 104 valence electrons. The Morgan fingerprint density at radius 1 is 1.25 bits per heavy atom. The van der Waals surface area contributed by atoms with Gasteiger partial charge in [0.1, 0.15) is 0 Å². The van der Waals surface area contributed by atoms with Crippen LogP contribution >= 0.6 is 38.6 Å². The van der Waals surface area contributed by atoms with E-state index in [4.69, 9.17) is 5.11 Å². The summed E-state index contributed by atoms with van der Waals surface area (Å²) in [5, 5.41) is 11.4. The first-order chi connectivity index (χ1) is 9.54. The van der Waals surface area contributed by atoms with E-state index < -0.39 is 5.97 Å². The normalized spacial score (nSPS) is 10.8. The van der Waals surface area contributed by atoms with E-state index in [-0.39, 0.29) is 5.91 Å². The van der Waals surface area contributed by atoms with E-state index in [9.17, 15) is 9.59 Å². The van der Waals surface area contributed by atoms with E-state index >= 15 is 0 Å². The van der Waals surface area contributed by atoms with Crippen molar-refractivity contribution in [2.75, 3.05) is 0 Å². The quantitative estimate of drug-likeness (QED) is 0.789. The summed E-state index contributed by atoms with van der Waals surface area (Å²) < 4.78 is 1.03. The number of halogens is 1. The van der Waals surface area contributed by atoms with Crippen molar-refractivity contribution in [1.82, 2.24) is 5.32 Å². The fourth-order valence-electron chi connectivity index (χ4n) is 1.42. The molecule has 0 fully saturated rings. The van der Waals surface area contributed by atoms with Crippen molar-refractivity contribution in [3.8, 4) is 0 Å². The van der Waals surface area contributed by atoms with E-state index in [0.717, 1.165) is 19.6 Å². The number of hydrogen-bond acceptors (Lipinski definition) is 4. The minimum atomic E-state index is -1.01. The van der Waals surface area contributed by atoms with Crippen LogP contribution in [0.2, 0.25) is 0 Å². The van der Waals surface area contributed by atoms with Gasteiger partial charge in [-0.2, -0.15) is 0 Å². The van der Waals surface area contributed by atoms with Crippen LogP contribution in [0, 0.1) is 0 Å². The Morgan fingerprint density at radius 3 is 2.70 bits per heavy atom. The van der Waals surface area contributed by atoms with Gasteiger partial charge in [-0.1, -0.05) is 0 Å². The second-order valence-electron chi connectivity index (χ2n) is 3.76. The zero-order chi connectivity index (χ0) is 14.5. The highest BCUT2D eigenvalue weighted by Gasteiger charge is 2.08. The lowest BCUT2D eigenvalue weighted by molar-refractivity contribution is -0.131. The van der Waals surface area contributed by atoms with E-state index in [2.05, 4.69) is 21.2 Å². The third-order valence-electron chi connectivity index (χ3n) is 2.29. The van der Waals surface area contributed by atoms with E-state index in [1.165, 1.54) is 17.4 Å². The smallest absolute Gasteiger partial charge is 0.328 e. The van der Waals surface area contributed by atoms with Gasteiger partial charge < -0.3 is 10.4 Å². The minimum absolute atomic E-state index is 0.158. The molecule has 0 aliphatic rings. The van der Waals surface area contributed by atoms with Crippen LogP contribution < -0.4 is 5.32 Å². The first-order valence-electron chi connectivity index (χ1n) is 5.58. The maximum atomic E-state index is 11.9. The van der Waals surface area contributed by atoms with Gasteiger partial charge in [0.15, 0.2) is 0 Å². The summed E-state index contributed by atoms with van der Waals surface area (Å²) in [5.41, 5.74) is 0. The van der Waals surface area contributed by atoms with Gasteiger partial charge in [0.2, 0.25) is 0 Å². The summed E-state index contributed by atoms with van der Waals surface area (Å²) in [7, 11) is 0. The van der Waals surface area contributed by atoms with Crippen LogP contribution in [0.1, 0.15) is 19.4 Å². The average Bonchev–Trinajstić information content (AvgIpc) is 3.02. The highest BCUT2D eigenvalue weighted by Crippen LogP contribution is 2.22. The third-order valence-corrected chi connectivity index (χ3v) is 4.97. The van der Waals surface area contributed by atoms with Gasteiger partial charge in [0.05, 0.1) is 15.2 Å². The summed E-state index contributed by atoms with van der Waals surface area (Å²) in [6, 6.07) is 7.29. The molecule has 2 rings (SSSR count). The molecule has 20 heavy (non-hydrogen) atoms. The van der Waals surface area contributed by atoms with Crippen LogP contribution in [0.4, 0.5) is 0 Å². The van der Waals surface area contributed by atoms with Crippen molar-refractivity contribution in [1.29, 1.82) is 0 Å². The van der Waals surface area contributed by atoms with Gasteiger partial charge in [-0.25, -0.2) is 4.79 Å². The lowest BCUT2D eigenvalue weighted by Gasteiger charge is -2.00. The van der Waals surface area contributed by atoms with Crippen molar-refractivity contribution in [2.45, 2.75) is 6.54 Å². The van der Waals surface area contributed by atoms with E-state index in [1.807, 2.05) is 12.1 Å². The zero-order valence-corrected chi connectivity index (χ0v) is 13.3. The Hall–Kier alpha value is -1.44. The Morgan fingerprint density at radius 2 is 2.05 bits per heavy atom. The monoisotopic (exact) mass is 371 g/mol. The Labute approximate surface area is 131 Å². The summed E-state index contributed by atoms with van der Waals surface area (Å²) in [6.07, 6.45) is 2.52. The van der Waals surface area contributed by atoms with Gasteiger partial charge in [0.25, 0.3) is 5.91 Å². The van der Waals surface area contributed by atoms with Crippen LogP contribution in [0.15, 0.2) is 34.1 Å². The molecule has 0 spiro atoms. The number of carbonyl (C=O) groups excluding carboxylic acids is 1. The highest BCUT2D eigenvalue weighted by atomic mass is 79.9. The van der Waals surface area contributed by atoms with Crippen LogP contribution in [0.25, 0.3) is 6.08 Å². The maximum Gasteiger partial charge on any atom is 0.328 e. The van der Waals surface area contributed by atoms with Crippen molar-refractivity contribution >= 4 is 56.6 Å². The van der Waals surface area contributed by atoms with Crippen LogP contribution in [0.5, 0.6) is 0 Å². The Bertz CT molecular complexity index is 660. The van der Waals surface area contributed by atoms with Crippen molar-refractivity contribution in [2.24, 2.45) is 0 Å². The Balaban J connectivity index is 1.94. The third kappa shape index (κ3) is 4.29. The van der Waals surface area contributed by atoms with Gasteiger partial charge in [-0.3, -0.25) is 4.79 Å². The molecule has 0 saturated carbocycles. The molecule has 2 aromatic rings. The number of nitrogens with one attached hydrogen (secondary N) is 1. The molecule has 0 aliphatic carbocycles. The fraction of sp³-hybridized carbons (Fsp3) is 0.0769. The molecule has 2 N–H and O–H groups in total. The summed E-state index contributed by atoms with van der Waals surface area (Å²) in [5.74, 6) is -1.16. The van der Waals surface area contributed by atoms with Crippen molar-refractivity contribution < 1.29 is 14.7 Å². The molecular formula is C13H10BrNO3S2. The number of carboxylic acid groups (broad SMARTS) is 1. The molecule has 4 nitrogen and oxygen atoms in total. The summed E-state index contributed by atoms with van der Waals surface area (Å²) in [4.78, 5) is 24.7. The molecular weight excluding hydrogens is 362 g/mol. The molecule has 0 bridgehead atoms. The molecule has 0 atom stereocenters. The predicted octanol–water partition coefficient (Wildman–Crippen LogP) is 3.60. The largest absolute Gasteiger partial charge is 0.478 e. The van der Waals surface area contributed by atoms with Gasteiger partial charge in [0, 0.05) is 15.8 Å². The van der Waals surface area contributed by atoms with Crippen molar-refractivity contribution in [3.05, 3.63) is 48.8 Å². The summed E-state index contributed by atoms with van der Waals surface area (Å²) >= 11 is 6.19. The summed E-state index contributed by atoms with van der Waals surface area (Å²) in [6.45, 7) is 0.479. The zero-order valence-electron chi connectivity index (χ0n) is 10.1. The van der Waals surface area contributed by atoms with Gasteiger partial charge in [-0.15, -0.1) is 22.7 Å². The molecule has 0 aliphatic heterocycles. The maximum absolute atomic E-state index is 11.9. The Kier molecular flexibility index (Phi) is 5.11. The SMILES string of the molecule is O=C(O)C=Cc1ccc(C(=O)NCc2ccc(Br)s2)s1. The molecule has 1 amide bonds. The second-order valence-corrected chi connectivity index (χ2v) is 7.43.